The summed E-state index contributed by atoms with van der Waals surface area (Å²) in [6, 6.07) is 4.16. The predicted octanol–water partition coefficient (Wildman–Crippen LogP) is -0.586. The van der Waals surface area contributed by atoms with Crippen molar-refractivity contribution in [3.63, 3.8) is 0 Å². The summed E-state index contributed by atoms with van der Waals surface area (Å²) in [6.45, 7) is -0.161. The number of carbonyl (C=O) groups excluding carboxylic acids is 3. The normalized spacial score (nSPS) is 13.9. The number of rotatable bonds is 10. The Morgan fingerprint density at radius 3 is 2.36 bits per heavy atom. The molecule has 1 aromatic carbocycles. The molecule has 0 aliphatic carbocycles. The molecule has 3 heterocycles. The quantitative estimate of drug-likeness (QED) is 0.203. The predicted molar refractivity (Wildman–Crippen MR) is 132 cm³/mol. The first kappa shape index (κ1) is 26.6. The van der Waals surface area contributed by atoms with Crippen LogP contribution < -0.4 is 21.6 Å². The van der Waals surface area contributed by atoms with Crippen LogP contribution in [-0.2, 0) is 25.7 Å². The van der Waals surface area contributed by atoms with Crippen LogP contribution in [0.3, 0.4) is 0 Å². The number of nitrogen functional groups attached to an aromatic ring is 1. The van der Waals surface area contributed by atoms with Crippen molar-refractivity contribution in [3.8, 4) is 0 Å². The zero-order valence-corrected chi connectivity index (χ0v) is 20.2. The minimum atomic E-state index is -1.41. The number of aromatic nitrogens is 4. The highest BCUT2D eigenvalue weighted by atomic mass is 16.4. The number of nitrogens with two attached hydrogens (primary N) is 1. The second-order valence-electron chi connectivity index (χ2n) is 8.49. The SMILES string of the molecule is Nc1nc(=O)c2nc(CN(c3ccc(C(=O)N[C@@H](CCC(=O)O)C(=O)O)cc3)N3C(=O)CCC3=O)cnc2[nH]1. The third kappa shape index (κ3) is 5.95. The number of amides is 3. The molecule has 2 aromatic heterocycles. The average molecular weight is 538 g/mol. The van der Waals surface area contributed by atoms with E-state index in [1.165, 1.54) is 35.5 Å². The van der Waals surface area contributed by atoms with E-state index in [0.717, 1.165) is 5.01 Å². The lowest BCUT2D eigenvalue weighted by Gasteiger charge is -2.31. The van der Waals surface area contributed by atoms with Crippen molar-refractivity contribution in [2.45, 2.75) is 38.3 Å². The van der Waals surface area contributed by atoms with Crippen LogP contribution in [0, 0.1) is 0 Å². The van der Waals surface area contributed by atoms with E-state index in [2.05, 4.69) is 25.3 Å². The van der Waals surface area contributed by atoms with Gasteiger partial charge in [-0.3, -0.25) is 29.0 Å². The number of hydrazine groups is 1. The molecule has 202 valence electrons. The molecule has 1 saturated heterocycles. The number of anilines is 2. The monoisotopic (exact) mass is 538 g/mol. The number of hydrogen-bond donors (Lipinski definition) is 5. The Morgan fingerprint density at radius 2 is 1.74 bits per heavy atom. The van der Waals surface area contributed by atoms with Crippen molar-refractivity contribution in [2.24, 2.45) is 0 Å². The molecule has 3 aromatic rings. The van der Waals surface area contributed by atoms with Crippen LogP contribution in [-0.4, -0.2) is 70.9 Å². The average Bonchev–Trinajstić information content (AvgIpc) is 3.22. The number of carboxylic acids is 2. The Bertz CT molecular complexity index is 1520. The van der Waals surface area contributed by atoms with Crippen LogP contribution in [0.4, 0.5) is 11.6 Å². The number of nitrogens with one attached hydrogen (secondary N) is 2. The van der Waals surface area contributed by atoms with Crippen LogP contribution in [0.1, 0.15) is 41.7 Å². The highest BCUT2D eigenvalue weighted by Crippen LogP contribution is 2.25. The van der Waals surface area contributed by atoms with Gasteiger partial charge in [0.1, 0.15) is 6.04 Å². The van der Waals surface area contributed by atoms with Gasteiger partial charge in [0.2, 0.25) is 17.8 Å². The zero-order valence-electron chi connectivity index (χ0n) is 20.2. The number of imide groups is 1. The van der Waals surface area contributed by atoms with Gasteiger partial charge < -0.3 is 26.2 Å². The Labute approximate surface area is 218 Å². The van der Waals surface area contributed by atoms with Crippen LogP contribution in [0.25, 0.3) is 11.2 Å². The summed E-state index contributed by atoms with van der Waals surface area (Å²) in [5.41, 5.74) is 5.41. The van der Waals surface area contributed by atoms with Crippen molar-refractivity contribution in [2.75, 3.05) is 10.7 Å². The lowest BCUT2D eigenvalue weighted by molar-refractivity contribution is -0.141. The molecule has 0 bridgehead atoms. The molecule has 1 aliphatic heterocycles. The maximum absolute atomic E-state index is 12.6. The fourth-order valence-electron chi connectivity index (χ4n) is 3.87. The molecule has 16 nitrogen and oxygen atoms in total. The molecule has 1 aliphatic rings. The summed E-state index contributed by atoms with van der Waals surface area (Å²) in [5, 5.41) is 22.6. The molecule has 0 radical (unpaired) electrons. The number of aromatic amines is 1. The Hall–Kier alpha value is -5.41. The van der Waals surface area contributed by atoms with Gasteiger partial charge in [-0.25, -0.2) is 14.8 Å². The van der Waals surface area contributed by atoms with Gasteiger partial charge in [-0.1, -0.05) is 0 Å². The zero-order chi connectivity index (χ0) is 28.3. The maximum atomic E-state index is 12.6. The van der Waals surface area contributed by atoms with E-state index < -0.39 is 47.7 Å². The summed E-state index contributed by atoms with van der Waals surface area (Å²) in [6.07, 6.45) is 0.569. The van der Waals surface area contributed by atoms with Gasteiger partial charge in [0.25, 0.3) is 5.91 Å². The number of nitrogens with zero attached hydrogens (tertiary/aromatic N) is 5. The summed E-state index contributed by atoms with van der Waals surface area (Å²) >= 11 is 0. The van der Waals surface area contributed by atoms with Crippen molar-refractivity contribution in [1.82, 2.24) is 30.3 Å². The molecule has 3 amide bonds. The highest BCUT2D eigenvalue weighted by Gasteiger charge is 2.35. The molecule has 6 N–H and O–H groups in total. The summed E-state index contributed by atoms with van der Waals surface area (Å²) < 4.78 is 0. The number of H-pyrrole nitrogens is 1. The van der Waals surface area contributed by atoms with Gasteiger partial charge >= 0.3 is 17.5 Å². The van der Waals surface area contributed by atoms with Gasteiger partial charge in [-0.05, 0) is 30.7 Å². The second kappa shape index (κ2) is 10.9. The van der Waals surface area contributed by atoms with Crippen molar-refractivity contribution in [3.05, 3.63) is 52.1 Å². The summed E-state index contributed by atoms with van der Waals surface area (Å²) in [4.78, 5) is 86.7. The largest absolute Gasteiger partial charge is 0.481 e. The fourth-order valence-corrected chi connectivity index (χ4v) is 3.87. The second-order valence-corrected chi connectivity index (χ2v) is 8.49. The smallest absolute Gasteiger partial charge is 0.326 e. The fraction of sp³-hybridized carbons (Fsp3) is 0.261. The number of benzene rings is 1. The molecule has 16 heteroatoms. The van der Waals surface area contributed by atoms with E-state index in [1.807, 2.05) is 0 Å². The minimum Gasteiger partial charge on any atom is -0.481 e. The Kier molecular flexibility index (Phi) is 7.46. The van der Waals surface area contributed by atoms with Gasteiger partial charge in [0.15, 0.2) is 11.2 Å². The van der Waals surface area contributed by atoms with Crippen molar-refractivity contribution >= 4 is 52.5 Å². The minimum absolute atomic E-state index is 0.00495. The summed E-state index contributed by atoms with van der Waals surface area (Å²) in [7, 11) is 0. The third-order valence-electron chi connectivity index (χ3n) is 5.75. The van der Waals surface area contributed by atoms with Gasteiger partial charge in [0.05, 0.1) is 24.1 Å². The highest BCUT2D eigenvalue weighted by molar-refractivity contribution is 6.03. The number of carboxylic acid groups (broad SMARTS) is 2. The molecule has 1 fully saturated rings. The van der Waals surface area contributed by atoms with E-state index in [-0.39, 0.29) is 54.2 Å². The first-order valence-corrected chi connectivity index (χ1v) is 11.5. The standard InChI is InChI=1S/C23H22N8O8/c24-23-28-19-18(21(37)29-23)26-12(9-25-19)10-30(31-15(32)6-7-16(31)33)13-3-1-11(2-4-13)20(36)27-14(22(38)39)5-8-17(34)35/h1-4,9,14H,5-8,10H2,(H,27,36)(H,34,35)(H,38,39)(H3,24,25,28,29,37)/t14-/m0/s1. The molecular formula is C23H22N8O8. The van der Waals surface area contributed by atoms with E-state index in [0.29, 0.717) is 5.69 Å². The van der Waals surface area contributed by atoms with Gasteiger partial charge in [-0.2, -0.15) is 9.99 Å². The van der Waals surface area contributed by atoms with Gasteiger partial charge in [-0.15, -0.1) is 0 Å². The molecule has 0 saturated carbocycles. The van der Waals surface area contributed by atoms with Crippen LogP contribution >= 0.6 is 0 Å². The number of hydrogen-bond acceptors (Lipinski definition) is 11. The molecule has 0 unspecified atom stereocenters. The van der Waals surface area contributed by atoms with E-state index in [9.17, 15) is 33.9 Å². The van der Waals surface area contributed by atoms with E-state index >= 15 is 0 Å². The molecule has 39 heavy (non-hydrogen) atoms. The Morgan fingerprint density at radius 1 is 1.08 bits per heavy atom. The van der Waals surface area contributed by atoms with Crippen LogP contribution in [0.2, 0.25) is 0 Å². The van der Waals surface area contributed by atoms with Crippen molar-refractivity contribution in [1.29, 1.82) is 0 Å². The van der Waals surface area contributed by atoms with Crippen molar-refractivity contribution < 1.29 is 34.2 Å². The van der Waals surface area contributed by atoms with Gasteiger partial charge in [0, 0.05) is 24.8 Å². The lowest BCUT2D eigenvalue weighted by atomic mass is 10.1. The number of carbonyl (C=O) groups is 5. The van der Waals surface area contributed by atoms with E-state index in [1.54, 1.807) is 0 Å². The topological polar surface area (TPSA) is 242 Å². The molecule has 4 rings (SSSR count). The first-order valence-electron chi connectivity index (χ1n) is 11.5. The summed E-state index contributed by atoms with van der Waals surface area (Å²) in [5.74, 6) is -4.41. The number of fused-ring (bicyclic) bond motifs is 1. The molecular weight excluding hydrogens is 516 g/mol. The first-order chi connectivity index (χ1) is 18.5. The third-order valence-corrected chi connectivity index (χ3v) is 5.75. The number of aliphatic carboxylic acids is 2. The van der Waals surface area contributed by atoms with Crippen LogP contribution in [0.5, 0.6) is 0 Å². The molecule has 0 spiro atoms. The lowest BCUT2D eigenvalue weighted by Crippen LogP contribution is -2.46. The van der Waals surface area contributed by atoms with Crippen LogP contribution in [0.15, 0.2) is 35.3 Å². The molecule has 1 atom stereocenters. The maximum Gasteiger partial charge on any atom is 0.326 e. The van der Waals surface area contributed by atoms with E-state index in [4.69, 9.17) is 10.8 Å². The Balaban J connectivity index is 1.61.